The molecule has 0 spiro atoms. The molecule has 0 aliphatic carbocycles. The van der Waals surface area contributed by atoms with Crippen molar-refractivity contribution in [2.75, 3.05) is 42.3 Å². The average molecular weight is 499 g/mol. The molecule has 0 fully saturated rings. The molecule has 0 amide bonds. The summed E-state index contributed by atoms with van der Waals surface area (Å²) in [6.45, 7) is 0. The first-order valence-electron chi connectivity index (χ1n) is 6.26. The van der Waals surface area contributed by atoms with Crippen molar-refractivity contribution < 1.29 is 52.5 Å². The standard InChI is InChI=1S/C7H5F6Ge.3C2H6N.Zr/c8-6(9,10)14(7(11,12)13)5-3-1-2-4-5;3*1-3-2;/h1-4,14H;3*1-2H3;/q4*-1;+4. The number of hydrogen-bond donors (Lipinski definition) is 0. The summed E-state index contributed by atoms with van der Waals surface area (Å²) >= 11 is -5.46. The van der Waals surface area contributed by atoms with E-state index < -0.39 is 28.8 Å². The second-order valence-corrected chi connectivity index (χ2v) is 10.0. The molecule has 0 aliphatic rings. The molecule has 1 aromatic rings. The van der Waals surface area contributed by atoms with E-state index in [4.69, 9.17) is 0 Å². The Morgan fingerprint density at radius 1 is 0.667 bits per heavy atom. The van der Waals surface area contributed by atoms with Crippen LogP contribution in [-0.4, -0.2) is 66.7 Å². The maximum absolute atomic E-state index is 12.1. The van der Waals surface area contributed by atoms with Crippen LogP contribution in [0.1, 0.15) is 0 Å². The Labute approximate surface area is 163 Å². The first-order valence-corrected chi connectivity index (χ1v) is 9.89. The van der Waals surface area contributed by atoms with E-state index in [1.807, 2.05) is 0 Å². The zero-order chi connectivity index (χ0) is 19.1. The van der Waals surface area contributed by atoms with Gasteiger partial charge in [0.25, 0.3) is 0 Å². The molecule has 0 saturated carbocycles. The molecule has 0 unspecified atom stereocenters. The van der Waals surface area contributed by atoms with Gasteiger partial charge in [0.05, 0.1) is 0 Å². The third-order valence-electron chi connectivity index (χ3n) is 1.68. The third kappa shape index (κ3) is 18.6. The topological polar surface area (TPSA) is 42.3 Å². The van der Waals surface area contributed by atoms with Gasteiger partial charge in [-0.05, 0) is 0 Å². The van der Waals surface area contributed by atoms with Crippen molar-refractivity contribution in [2.24, 2.45) is 0 Å². The van der Waals surface area contributed by atoms with Crippen LogP contribution < -0.4 is 4.40 Å². The molecule has 0 bridgehead atoms. The summed E-state index contributed by atoms with van der Waals surface area (Å²) in [4.78, 5) is 0. The van der Waals surface area contributed by atoms with Crippen LogP contribution in [-0.2, 0) is 26.2 Å². The van der Waals surface area contributed by atoms with Crippen LogP contribution in [0.4, 0.5) is 26.3 Å². The first-order chi connectivity index (χ1) is 10.5. The quantitative estimate of drug-likeness (QED) is 0.320. The Balaban J connectivity index is -0.000000169. The molecule has 24 heavy (non-hydrogen) atoms. The maximum Gasteiger partial charge on any atom is 4.00 e. The molecule has 140 valence electrons. The molecule has 1 rings (SSSR count). The van der Waals surface area contributed by atoms with Gasteiger partial charge in [-0.2, -0.15) is 42.3 Å². The zero-order valence-corrected chi connectivity index (χ0v) is 19.4. The molecule has 0 saturated heterocycles. The van der Waals surface area contributed by atoms with Crippen molar-refractivity contribution in [2.45, 2.75) is 10.0 Å². The first kappa shape index (κ1) is 32.0. The van der Waals surface area contributed by atoms with Gasteiger partial charge < -0.3 is 16.0 Å². The van der Waals surface area contributed by atoms with E-state index in [9.17, 15) is 26.3 Å². The van der Waals surface area contributed by atoms with Gasteiger partial charge in [0.2, 0.25) is 0 Å². The minimum atomic E-state index is -5.46. The van der Waals surface area contributed by atoms with E-state index in [0.717, 1.165) is 12.1 Å². The number of nitrogens with zero attached hydrogens (tertiary/aromatic N) is 3. The maximum atomic E-state index is 12.1. The van der Waals surface area contributed by atoms with Crippen molar-refractivity contribution in [3.05, 3.63) is 40.2 Å². The fourth-order valence-corrected chi connectivity index (χ4v) is 4.78. The van der Waals surface area contributed by atoms with E-state index in [1.54, 1.807) is 42.3 Å². The smallest absolute Gasteiger partial charge is 4.00 e. The van der Waals surface area contributed by atoms with E-state index in [1.165, 1.54) is 12.1 Å². The fraction of sp³-hybridized carbons (Fsp3) is 0.615. The van der Waals surface area contributed by atoms with Crippen LogP contribution in [0.5, 0.6) is 0 Å². The second kappa shape index (κ2) is 18.0. The van der Waals surface area contributed by atoms with Crippen molar-refractivity contribution in [3.63, 3.8) is 0 Å². The molecule has 0 radical (unpaired) electrons. The Bertz CT molecular complexity index is 326. The molecule has 11 heteroatoms. The van der Waals surface area contributed by atoms with Crippen molar-refractivity contribution in [1.82, 2.24) is 0 Å². The van der Waals surface area contributed by atoms with Gasteiger partial charge in [0.15, 0.2) is 0 Å². The van der Waals surface area contributed by atoms with Crippen LogP contribution in [0.3, 0.4) is 0 Å². The largest absolute Gasteiger partial charge is 4.00 e. The van der Waals surface area contributed by atoms with E-state index >= 15 is 0 Å². The molecule has 3 nitrogen and oxygen atoms in total. The fourth-order valence-electron chi connectivity index (χ4n) is 1.14. The number of alkyl halides is 6. The van der Waals surface area contributed by atoms with Gasteiger partial charge >= 0.3 is 106 Å². The molecule has 0 aromatic heterocycles. The van der Waals surface area contributed by atoms with Gasteiger partial charge in [-0.25, -0.2) is 0 Å². The SMILES string of the molecule is C[N-]C.C[N-]C.C[N-]C.F[C](F)(F)[GeH]([c-]1cccc1)[C](F)(F)F.[Zr+4]. The van der Waals surface area contributed by atoms with Crippen LogP contribution in [0.25, 0.3) is 16.0 Å². The van der Waals surface area contributed by atoms with Crippen LogP contribution in [0.2, 0.25) is 0 Å². The number of hydrogen-bond acceptors (Lipinski definition) is 0. The Morgan fingerprint density at radius 3 is 1.04 bits per heavy atom. The molecule has 0 N–H and O–H groups in total. The van der Waals surface area contributed by atoms with E-state index in [0.29, 0.717) is 0 Å². The van der Waals surface area contributed by atoms with Gasteiger partial charge in [-0.15, -0.1) is 0 Å². The van der Waals surface area contributed by atoms with Gasteiger partial charge in [-0.3, -0.25) is 0 Å². The summed E-state index contributed by atoms with van der Waals surface area (Å²) in [5.41, 5.74) is 0. The normalized spacial score (nSPS) is 10.2. The van der Waals surface area contributed by atoms with Crippen LogP contribution in [0.15, 0.2) is 24.3 Å². The molecule has 1 aromatic carbocycles. The molecule has 0 atom stereocenters. The summed E-state index contributed by atoms with van der Waals surface area (Å²) in [6, 6.07) is 4.16. The number of halogens is 6. The molecule has 0 aliphatic heterocycles. The zero-order valence-electron chi connectivity index (χ0n) is 14.5. The Morgan fingerprint density at radius 2 is 0.875 bits per heavy atom. The Kier molecular flexibility index (Phi) is 24.0. The van der Waals surface area contributed by atoms with Gasteiger partial charge in [0.1, 0.15) is 0 Å². The van der Waals surface area contributed by atoms with Crippen molar-refractivity contribution in [3.8, 4) is 0 Å². The monoisotopic (exact) mass is 499 g/mol. The van der Waals surface area contributed by atoms with E-state index in [2.05, 4.69) is 16.0 Å². The summed E-state index contributed by atoms with van der Waals surface area (Å²) in [6.07, 6.45) is 0. The van der Waals surface area contributed by atoms with E-state index in [-0.39, 0.29) is 26.2 Å². The van der Waals surface area contributed by atoms with Crippen molar-refractivity contribution in [1.29, 1.82) is 0 Å². The summed E-state index contributed by atoms with van der Waals surface area (Å²) in [5, 5.41) is 0.277. The predicted octanol–water partition coefficient (Wildman–Crippen LogP) is 3.90. The molecule has 0 heterocycles. The number of rotatable bonds is 1. The van der Waals surface area contributed by atoms with Crippen LogP contribution >= 0.6 is 0 Å². The minimum Gasteiger partial charge on any atom is 4.00 e. The minimum absolute atomic E-state index is 0. The second-order valence-electron chi connectivity index (χ2n) is 4.08. The average Bonchev–Trinajstić information content (AvgIpc) is 2.81. The molecular weight excluding hydrogens is 476 g/mol. The van der Waals surface area contributed by atoms with Crippen molar-refractivity contribution >= 4 is 18.7 Å². The summed E-state index contributed by atoms with van der Waals surface area (Å²) in [7, 11) is 10.5. The molecular formula is C13H23F6GeN3Zr. The summed E-state index contributed by atoms with van der Waals surface area (Å²) in [5.74, 6) is 0. The van der Waals surface area contributed by atoms with Crippen LogP contribution in [0, 0.1) is 0 Å². The Hall–Kier alpha value is 0.236. The third-order valence-corrected chi connectivity index (χ3v) is 6.63. The predicted molar refractivity (Wildman–Crippen MR) is 86.5 cm³/mol. The van der Waals surface area contributed by atoms with Gasteiger partial charge in [-0.1, -0.05) is 0 Å². The van der Waals surface area contributed by atoms with Gasteiger partial charge in [0, 0.05) is 0 Å². The summed E-state index contributed by atoms with van der Waals surface area (Å²) < 4.78 is 72.3.